The standard InChI is InChI=1S/C14H20O3/c15-11-9-13-5-2-1-3-10(13)4-6-14(12(11)13)16-7-8-17-14/h10,12H,1-9H2/t10-,12-,13-/m0/s1. The number of hydrogen-bond donors (Lipinski definition) is 0. The highest BCUT2D eigenvalue weighted by Crippen LogP contribution is 2.66. The van der Waals surface area contributed by atoms with Crippen LogP contribution in [0.25, 0.3) is 0 Å². The lowest BCUT2D eigenvalue weighted by atomic mass is 9.43. The van der Waals surface area contributed by atoms with Gasteiger partial charge in [0, 0.05) is 12.8 Å². The van der Waals surface area contributed by atoms with Gasteiger partial charge in [-0.05, 0) is 30.6 Å². The maximum Gasteiger partial charge on any atom is 0.178 e. The van der Waals surface area contributed by atoms with E-state index in [-0.39, 0.29) is 11.3 Å². The van der Waals surface area contributed by atoms with Crippen molar-refractivity contribution < 1.29 is 14.3 Å². The minimum Gasteiger partial charge on any atom is -0.347 e. The molecule has 2 spiro atoms. The van der Waals surface area contributed by atoms with Crippen LogP contribution < -0.4 is 0 Å². The Balaban J connectivity index is 1.72. The van der Waals surface area contributed by atoms with Gasteiger partial charge in [-0.1, -0.05) is 12.8 Å². The van der Waals surface area contributed by atoms with Crippen molar-refractivity contribution in [3.8, 4) is 0 Å². The SMILES string of the molecule is O=C1C[C@@]23CCCC[C@H]2CCC2(OCCO2)[C@@H]13. The van der Waals surface area contributed by atoms with E-state index in [1.54, 1.807) is 0 Å². The third-order valence-electron chi connectivity index (χ3n) is 5.72. The lowest BCUT2D eigenvalue weighted by molar-refractivity contribution is -0.276. The first-order valence-electron chi connectivity index (χ1n) is 7.08. The number of hydrogen-bond acceptors (Lipinski definition) is 3. The lowest BCUT2D eigenvalue weighted by Gasteiger charge is -2.63. The molecular formula is C14H20O3. The molecule has 4 fully saturated rings. The normalized spacial score (nSPS) is 47.4. The summed E-state index contributed by atoms with van der Waals surface area (Å²) in [5.74, 6) is 0.718. The number of carbonyl (C=O) groups excluding carboxylic acids is 1. The van der Waals surface area contributed by atoms with E-state index in [0.717, 1.165) is 18.8 Å². The molecule has 1 saturated heterocycles. The summed E-state index contributed by atoms with van der Waals surface area (Å²) in [7, 11) is 0. The summed E-state index contributed by atoms with van der Waals surface area (Å²) in [6, 6.07) is 0. The van der Waals surface area contributed by atoms with E-state index >= 15 is 0 Å². The number of fused-ring (bicyclic) bond motifs is 1. The lowest BCUT2D eigenvalue weighted by Crippen LogP contribution is -2.67. The highest BCUT2D eigenvalue weighted by molar-refractivity contribution is 5.90. The predicted octanol–water partition coefficient (Wildman–Crippen LogP) is 2.29. The van der Waals surface area contributed by atoms with Crippen LogP contribution in [0, 0.1) is 17.3 Å². The third-order valence-corrected chi connectivity index (χ3v) is 5.72. The Bertz CT molecular complexity index is 358. The van der Waals surface area contributed by atoms with Crippen LogP contribution >= 0.6 is 0 Å². The summed E-state index contributed by atoms with van der Waals surface area (Å²) >= 11 is 0. The molecule has 1 heterocycles. The van der Waals surface area contributed by atoms with Gasteiger partial charge in [-0.3, -0.25) is 4.79 Å². The molecule has 0 bridgehead atoms. The minimum absolute atomic E-state index is 0.0662. The van der Waals surface area contributed by atoms with Crippen molar-refractivity contribution in [2.24, 2.45) is 17.3 Å². The Morgan fingerprint density at radius 1 is 1.06 bits per heavy atom. The minimum atomic E-state index is -0.511. The fraction of sp³-hybridized carbons (Fsp3) is 0.929. The molecule has 3 heteroatoms. The van der Waals surface area contributed by atoms with Gasteiger partial charge in [0.25, 0.3) is 0 Å². The van der Waals surface area contributed by atoms with Crippen molar-refractivity contribution >= 4 is 5.78 Å². The molecule has 0 aromatic rings. The first-order chi connectivity index (χ1) is 8.27. The van der Waals surface area contributed by atoms with Crippen molar-refractivity contribution in [3.63, 3.8) is 0 Å². The summed E-state index contributed by atoms with van der Waals surface area (Å²) in [4.78, 5) is 12.1. The van der Waals surface area contributed by atoms with Crippen LogP contribution in [0.2, 0.25) is 0 Å². The van der Waals surface area contributed by atoms with E-state index in [1.807, 2.05) is 0 Å². The molecule has 0 radical (unpaired) electrons. The number of rotatable bonds is 0. The first kappa shape index (κ1) is 10.5. The molecular weight excluding hydrogens is 216 g/mol. The Hall–Kier alpha value is -0.410. The van der Waals surface area contributed by atoms with Crippen LogP contribution in [0.1, 0.15) is 44.9 Å². The molecule has 0 unspecified atom stereocenters. The number of ether oxygens (including phenoxy) is 2. The molecule has 0 aromatic carbocycles. The Morgan fingerprint density at radius 2 is 1.88 bits per heavy atom. The van der Waals surface area contributed by atoms with E-state index in [0.29, 0.717) is 19.0 Å². The van der Waals surface area contributed by atoms with Gasteiger partial charge < -0.3 is 9.47 Å². The second-order valence-corrected chi connectivity index (χ2v) is 6.30. The molecule has 3 aliphatic carbocycles. The van der Waals surface area contributed by atoms with E-state index in [2.05, 4.69) is 0 Å². The van der Waals surface area contributed by atoms with E-state index in [4.69, 9.17) is 9.47 Å². The number of carbonyl (C=O) groups is 1. The van der Waals surface area contributed by atoms with E-state index < -0.39 is 5.79 Å². The van der Waals surface area contributed by atoms with Gasteiger partial charge in [0.15, 0.2) is 5.79 Å². The molecule has 17 heavy (non-hydrogen) atoms. The molecule has 1 aliphatic heterocycles. The monoisotopic (exact) mass is 236 g/mol. The van der Waals surface area contributed by atoms with Crippen molar-refractivity contribution in [1.29, 1.82) is 0 Å². The molecule has 4 aliphatic rings. The average Bonchev–Trinajstić information content (AvgIpc) is 2.76. The van der Waals surface area contributed by atoms with Crippen LogP contribution in [0.15, 0.2) is 0 Å². The van der Waals surface area contributed by atoms with E-state index in [1.165, 1.54) is 32.1 Å². The zero-order valence-electron chi connectivity index (χ0n) is 10.2. The fourth-order valence-corrected chi connectivity index (χ4v) is 5.08. The highest BCUT2D eigenvalue weighted by atomic mass is 16.7. The van der Waals surface area contributed by atoms with Gasteiger partial charge in [0.05, 0.1) is 19.1 Å². The Morgan fingerprint density at radius 3 is 2.65 bits per heavy atom. The highest BCUT2D eigenvalue weighted by Gasteiger charge is 2.69. The molecule has 0 aromatic heterocycles. The van der Waals surface area contributed by atoms with Gasteiger partial charge in [-0.25, -0.2) is 0 Å². The van der Waals surface area contributed by atoms with Gasteiger partial charge in [-0.2, -0.15) is 0 Å². The topological polar surface area (TPSA) is 35.5 Å². The van der Waals surface area contributed by atoms with Crippen LogP contribution in [-0.2, 0) is 14.3 Å². The summed E-state index contributed by atoms with van der Waals surface area (Å²) in [5, 5.41) is 0. The van der Waals surface area contributed by atoms with Crippen LogP contribution in [-0.4, -0.2) is 24.8 Å². The van der Waals surface area contributed by atoms with Crippen molar-refractivity contribution in [2.45, 2.75) is 50.7 Å². The summed E-state index contributed by atoms with van der Waals surface area (Å²) in [5.41, 5.74) is 0.262. The predicted molar refractivity (Wildman–Crippen MR) is 61.4 cm³/mol. The second-order valence-electron chi connectivity index (χ2n) is 6.30. The maximum absolute atomic E-state index is 12.1. The Kier molecular flexibility index (Phi) is 2.06. The zero-order valence-corrected chi connectivity index (χ0v) is 10.2. The van der Waals surface area contributed by atoms with Gasteiger partial charge in [0.2, 0.25) is 0 Å². The molecule has 3 saturated carbocycles. The first-order valence-corrected chi connectivity index (χ1v) is 7.08. The molecule has 0 amide bonds. The quantitative estimate of drug-likeness (QED) is 0.647. The number of ketones is 1. The number of Topliss-reactive ketones (excluding diaryl/α,β-unsaturated/α-hetero) is 1. The summed E-state index contributed by atoms with van der Waals surface area (Å²) in [6.45, 7) is 1.34. The zero-order chi connectivity index (χ0) is 11.5. The molecule has 4 rings (SSSR count). The summed E-state index contributed by atoms with van der Waals surface area (Å²) in [6.07, 6.45) is 8.12. The van der Waals surface area contributed by atoms with Crippen molar-refractivity contribution in [2.75, 3.05) is 13.2 Å². The molecule has 0 N–H and O–H groups in total. The van der Waals surface area contributed by atoms with Crippen LogP contribution in [0.5, 0.6) is 0 Å². The van der Waals surface area contributed by atoms with Gasteiger partial charge in [-0.15, -0.1) is 0 Å². The molecule has 3 atom stereocenters. The molecule has 3 nitrogen and oxygen atoms in total. The largest absolute Gasteiger partial charge is 0.347 e. The van der Waals surface area contributed by atoms with Crippen LogP contribution in [0.3, 0.4) is 0 Å². The summed E-state index contributed by atoms with van der Waals surface area (Å²) < 4.78 is 11.8. The van der Waals surface area contributed by atoms with E-state index in [9.17, 15) is 4.79 Å². The Labute approximate surface area is 102 Å². The fourth-order valence-electron chi connectivity index (χ4n) is 5.08. The smallest absolute Gasteiger partial charge is 0.178 e. The van der Waals surface area contributed by atoms with Crippen molar-refractivity contribution in [3.05, 3.63) is 0 Å². The van der Waals surface area contributed by atoms with Gasteiger partial charge >= 0.3 is 0 Å². The third kappa shape index (κ3) is 1.17. The van der Waals surface area contributed by atoms with Gasteiger partial charge in [0.1, 0.15) is 5.78 Å². The van der Waals surface area contributed by atoms with Crippen LogP contribution in [0.4, 0.5) is 0 Å². The average molecular weight is 236 g/mol. The molecule has 94 valence electrons. The van der Waals surface area contributed by atoms with Crippen molar-refractivity contribution in [1.82, 2.24) is 0 Å². The second kappa shape index (κ2) is 3.33. The maximum atomic E-state index is 12.1.